The minimum Gasteiger partial charge on any atom is -0.496 e. The Hall–Kier alpha value is -5.19. The molecule has 43 heavy (non-hydrogen) atoms. The van der Waals surface area contributed by atoms with Crippen molar-refractivity contribution in [2.45, 2.75) is 0 Å². The number of anilines is 4. The highest BCUT2D eigenvalue weighted by atomic mass is 35.5. The monoisotopic (exact) mass is 595 g/mol. The van der Waals surface area contributed by atoms with Gasteiger partial charge in [0.1, 0.15) is 11.6 Å². The summed E-state index contributed by atoms with van der Waals surface area (Å²) in [6.07, 6.45) is 6.81. The zero-order chi connectivity index (χ0) is 30.3. The third kappa shape index (κ3) is 7.18. The molecule has 0 atom stereocenters. The number of methoxy groups -OCH3 is 1. The van der Waals surface area contributed by atoms with E-state index in [2.05, 4.69) is 25.9 Å². The number of hydrogen-bond donors (Lipinski definition) is 3. The molecule has 5 aromatic rings. The van der Waals surface area contributed by atoms with Crippen molar-refractivity contribution in [3.05, 3.63) is 108 Å². The molecule has 0 aliphatic heterocycles. The van der Waals surface area contributed by atoms with Crippen molar-refractivity contribution in [1.82, 2.24) is 19.4 Å². The van der Waals surface area contributed by atoms with E-state index in [4.69, 9.17) is 16.3 Å². The van der Waals surface area contributed by atoms with Crippen molar-refractivity contribution >= 4 is 57.3 Å². The Morgan fingerprint density at radius 1 is 1.00 bits per heavy atom. The van der Waals surface area contributed by atoms with Crippen LogP contribution in [0.1, 0.15) is 10.4 Å². The number of amides is 2. The molecule has 0 aliphatic rings. The number of hydrogen-bond acceptors (Lipinski definition) is 7. The third-order valence-corrected chi connectivity index (χ3v) is 6.73. The van der Waals surface area contributed by atoms with Gasteiger partial charge < -0.3 is 30.2 Å². The number of aromatic nitrogens is 3. The number of carbonyl (C=O) groups is 2. The van der Waals surface area contributed by atoms with Gasteiger partial charge in [-0.1, -0.05) is 29.8 Å². The van der Waals surface area contributed by atoms with E-state index in [-0.39, 0.29) is 11.8 Å². The molecule has 11 heteroatoms. The normalized spacial score (nSPS) is 11.2. The van der Waals surface area contributed by atoms with E-state index < -0.39 is 0 Å². The van der Waals surface area contributed by atoms with Crippen molar-refractivity contribution in [2.24, 2.45) is 0 Å². The van der Waals surface area contributed by atoms with Gasteiger partial charge in [-0.3, -0.25) is 9.59 Å². The summed E-state index contributed by atoms with van der Waals surface area (Å²) in [4.78, 5) is 36.3. The van der Waals surface area contributed by atoms with E-state index in [0.717, 1.165) is 16.7 Å². The van der Waals surface area contributed by atoms with Gasteiger partial charge in [0.15, 0.2) is 0 Å². The summed E-state index contributed by atoms with van der Waals surface area (Å²) >= 11 is 6.42. The molecule has 10 nitrogen and oxygen atoms in total. The van der Waals surface area contributed by atoms with Crippen LogP contribution in [0.5, 0.6) is 5.75 Å². The smallest absolute Gasteiger partial charge is 0.255 e. The SMILES string of the molecule is COc1cccc2c1ccn2-c1ccnc(Nc2ccc(Cl)c(NC(=O)c3cccc(NC(=O)C=CCN(C)C)c3)c2)n1. The minimum absolute atomic E-state index is 0.280. The largest absolute Gasteiger partial charge is 0.496 e. The van der Waals surface area contributed by atoms with Gasteiger partial charge in [0, 0.05) is 47.3 Å². The van der Waals surface area contributed by atoms with E-state index in [1.807, 2.05) is 60.1 Å². The van der Waals surface area contributed by atoms with E-state index in [1.165, 1.54) is 6.08 Å². The Balaban J connectivity index is 1.29. The number of halogens is 1. The number of benzene rings is 3. The van der Waals surface area contributed by atoms with Gasteiger partial charge in [0.2, 0.25) is 11.9 Å². The van der Waals surface area contributed by atoms with Crippen LogP contribution in [0, 0.1) is 0 Å². The van der Waals surface area contributed by atoms with Crippen LogP contribution in [0.4, 0.5) is 23.0 Å². The first-order chi connectivity index (χ1) is 20.8. The van der Waals surface area contributed by atoms with Crippen molar-refractivity contribution in [1.29, 1.82) is 0 Å². The van der Waals surface area contributed by atoms with E-state index in [0.29, 0.717) is 46.0 Å². The lowest BCUT2D eigenvalue weighted by Gasteiger charge is -2.12. The molecule has 2 aromatic heterocycles. The topological polar surface area (TPSA) is 113 Å². The van der Waals surface area contributed by atoms with Crippen LogP contribution in [0.2, 0.25) is 5.02 Å². The van der Waals surface area contributed by atoms with Crippen molar-refractivity contribution in [3.63, 3.8) is 0 Å². The van der Waals surface area contributed by atoms with E-state index >= 15 is 0 Å². The highest BCUT2D eigenvalue weighted by Gasteiger charge is 2.13. The summed E-state index contributed by atoms with van der Waals surface area (Å²) in [6.45, 7) is 0.641. The van der Waals surface area contributed by atoms with Crippen LogP contribution >= 0.6 is 11.6 Å². The Morgan fingerprint density at radius 3 is 2.65 bits per heavy atom. The van der Waals surface area contributed by atoms with Gasteiger partial charge in [0.25, 0.3) is 5.91 Å². The number of carbonyl (C=O) groups excluding carboxylic acids is 2. The number of likely N-dealkylation sites (N-methyl/N-ethyl adjacent to an activating group) is 1. The lowest BCUT2D eigenvalue weighted by Crippen LogP contribution is -2.14. The van der Waals surface area contributed by atoms with E-state index in [9.17, 15) is 9.59 Å². The van der Waals surface area contributed by atoms with Crippen molar-refractivity contribution in [3.8, 4) is 11.6 Å². The summed E-state index contributed by atoms with van der Waals surface area (Å²) < 4.78 is 7.43. The van der Waals surface area contributed by atoms with Gasteiger partial charge in [-0.05, 0) is 74.8 Å². The Morgan fingerprint density at radius 2 is 1.84 bits per heavy atom. The Labute approximate surface area is 254 Å². The van der Waals surface area contributed by atoms with Crippen LogP contribution in [0.25, 0.3) is 16.7 Å². The van der Waals surface area contributed by atoms with Gasteiger partial charge in [0.05, 0.1) is 23.3 Å². The first-order valence-electron chi connectivity index (χ1n) is 13.4. The lowest BCUT2D eigenvalue weighted by molar-refractivity contribution is -0.111. The predicted molar refractivity (Wildman–Crippen MR) is 171 cm³/mol. The maximum Gasteiger partial charge on any atom is 0.255 e. The number of rotatable bonds is 10. The number of nitrogens with one attached hydrogen (secondary N) is 3. The summed E-state index contributed by atoms with van der Waals surface area (Å²) in [7, 11) is 5.47. The molecular weight excluding hydrogens is 566 g/mol. The molecular formula is C32H30ClN7O3. The quantitative estimate of drug-likeness (QED) is 0.166. The summed E-state index contributed by atoms with van der Waals surface area (Å²) in [5, 5.41) is 10.1. The minimum atomic E-state index is -0.383. The zero-order valence-corrected chi connectivity index (χ0v) is 24.6. The average Bonchev–Trinajstić information content (AvgIpc) is 3.43. The summed E-state index contributed by atoms with van der Waals surface area (Å²) in [5.41, 5.74) is 2.83. The van der Waals surface area contributed by atoms with E-state index in [1.54, 1.807) is 61.8 Å². The van der Waals surface area contributed by atoms with Crippen LogP contribution in [0.15, 0.2) is 97.3 Å². The van der Waals surface area contributed by atoms with Crippen LogP contribution in [0.3, 0.4) is 0 Å². The third-order valence-electron chi connectivity index (χ3n) is 6.40. The molecule has 0 fully saturated rings. The maximum atomic E-state index is 13.1. The molecule has 3 aromatic carbocycles. The van der Waals surface area contributed by atoms with Crippen LogP contribution < -0.4 is 20.7 Å². The standard InChI is InChI=1S/C32H30ClN7O3/c1-39(2)17-6-11-30(41)35-22-8-4-7-21(19-22)31(42)37-26-20-23(12-13-25(26)33)36-32-34-16-14-29(38-32)40-18-15-24-27(40)9-5-10-28(24)43-3/h4-16,18-20H,17H2,1-3H3,(H,35,41)(H,37,42)(H,34,36,38). The lowest BCUT2D eigenvalue weighted by atomic mass is 10.1. The Bertz CT molecular complexity index is 1820. The molecule has 0 bridgehead atoms. The first kappa shape index (κ1) is 29.3. The fourth-order valence-corrected chi connectivity index (χ4v) is 4.54. The molecule has 0 radical (unpaired) electrons. The summed E-state index contributed by atoms with van der Waals surface area (Å²) in [6, 6.07) is 21.4. The highest BCUT2D eigenvalue weighted by molar-refractivity contribution is 6.34. The van der Waals surface area contributed by atoms with Crippen molar-refractivity contribution in [2.75, 3.05) is 43.7 Å². The van der Waals surface area contributed by atoms with Gasteiger partial charge in [-0.25, -0.2) is 4.98 Å². The number of ether oxygens (including phenoxy) is 1. The average molecular weight is 596 g/mol. The molecule has 0 aliphatic carbocycles. The van der Waals surface area contributed by atoms with Gasteiger partial charge in [-0.2, -0.15) is 4.98 Å². The molecule has 0 spiro atoms. The molecule has 218 valence electrons. The molecule has 0 saturated carbocycles. The fourth-order valence-electron chi connectivity index (χ4n) is 4.38. The van der Waals surface area contributed by atoms with Gasteiger partial charge in [-0.15, -0.1) is 0 Å². The number of nitrogens with zero attached hydrogens (tertiary/aromatic N) is 4. The molecule has 2 heterocycles. The molecule has 0 saturated heterocycles. The second-order valence-corrected chi connectivity index (χ2v) is 10.2. The predicted octanol–water partition coefficient (Wildman–Crippen LogP) is 6.13. The number of fused-ring (bicyclic) bond motifs is 1. The fraction of sp³-hybridized carbons (Fsp3) is 0.125. The Kier molecular flexibility index (Phi) is 8.99. The second-order valence-electron chi connectivity index (χ2n) is 9.83. The van der Waals surface area contributed by atoms with Crippen molar-refractivity contribution < 1.29 is 14.3 Å². The molecule has 3 N–H and O–H groups in total. The highest BCUT2D eigenvalue weighted by Crippen LogP contribution is 2.30. The first-order valence-corrected chi connectivity index (χ1v) is 13.8. The molecule has 0 unspecified atom stereocenters. The van der Waals surface area contributed by atoms with Gasteiger partial charge >= 0.3 is 0 Å². The zero-order valence-electron chi connectivity index (χ0n) is 23.8. The van der Waals surface area contributed by atoms with Crippen LogP contribution in [-0.2, 0) is 4.79 Å². The van der Waals surface area contributed by atoms with Crippen LogP contribution in [-0.4, -0.2) is 59.0 Å². The second kappa shape index (κ2) is 13.2. The summed E-state index contributed by atoms with van der Waals surface area (Å²) in [5.74, 6) is 1.15. The molecule has 5 rings (SSSR count). The molecule has 2 amide bonds. The maximum absolute atomic E-state index is 13.1.